The molecule has 9 heteroatoms. The number of carbonyl (C=O) groups is 2. The minimum absolute atomic E-state index is 0.0836. The molecular weight excluding hydrogens is 394 g/mol. The molecule has 29 heavy (non-hydrogen) atoms. The highest BCUT2D eigenvalue weighted by atomic mass is 32.2. The first-order chi connectivity index (χ1) is 13.3. The highest BCUT2D eigenvalue weighted by Gasteiger charge is 2.32. The number of likely N-dealkylation sites (N-methyl/N-ethyl adjacent to an activating group) is 1. The van der Waals surface area contributed by atoms with Gasteiger partial charge in [-0.25, -0.2) is 8.42 Å². The van der Waals surface area contributed by atoms with E-state index in [2.05, 4.69) is 5.32 Å². The minimum Gasteiger partial charge on any atom is -0.373 e. The van der Waals surface area contributed by atoms with Gasteiger partial charge in [-0.1, -0.05) is 0 Å². The summed E-state index contributed by atoms with van der Waals surface area (Å²) in [5.74, 6) is -0.616. The van der Waals surface area contributed by atoms with Crippen molar-refractivity contribution in [3.63, 3.8) is 0 Å². The predicted molar refractivity (Wildman–Crippen MR) is 110 cm³/mol. The second kappa shape index (κ2) is 8.81. The number of benzene rings is 1. The summed E-state index contributed by atoms with van der Waals surface area (Å²) in [5.41, 5.74) is -0.0652. The van der Waals surface area contributed by atoms with E-state index in [-0.39, 0.29) is 41.0 Å². The lowest BCUT2D eigenvalue weighted by Crippen LogP contribution is -2.48. The number of nitrogens with one attached hydrogen (secondary N) is 1. The van der Waals surface area contributed by atoms with E-state index in [0.29, 0.717) is 18.7 Å². The smallest absolute Gasteiger partial charge is 0.254 e. The molecular formula is C20H31N3O5S. The van der Waals surface area contributed by atoms with Crippen LogP contribution in [0.5, 0.6) is 0 Å². The Labute approximate surface area is 173 Å². The van der Waals surface area contributed by atoms with Gasteiger partial charge in [0.25, 0.3) is 5.91 Å². The number of nitrogens with zero attached hydrogens (tertiary/aromatic N) is 2. The Morgan fingerprint density at radius 2 is 1.66 bits per heavy atom. The molecule has 1 aromatic carbocycles. The summed E-state index contributed by atoms with van der Waals surface area (Å²) in [5, 5.41) is 2.80. The van der Waals surface area contributed by atoms with Gasteiger partial charge in [-0.3, -0.25) is 9.59 Å². The second-order valence-electron chi connectivity index (χ2n) is 8.56. The zero-order chi connectivity index (χ0) is 22.0. The van der Waals surface area contributed by atoms with Gasteiger partial charge in [-0.15, -0.1) is 0 Å². The summed E-state index contributed by atoms with van der Waals surface area (Å²) in [6.45, 7) is 9.76. The van der Waals surface area contributed by atoms with Crippen molar-refractivity contribution >= 4 is 21.8 Å². The number of rotatable bonds is 5. The van der Waals surface area contributed by atoms with Crippen LogP contribution in [0.1, 0.15) is 45.0 Å². The summed E-state index contributed by atoms with van der Waals surface area (Å²) >= 11 is 0. The fourth-order valence-electron chi connectivity index (χ4n) is 3.21. The predicted octanol–water partition coefficient (Wildman–Crippen LogP) is 1.47. The van der Waals surface area contributed by atoms with Crippen molar-refractivity contribution in [2.24, 2.45) is 0 Å². The molecule has 0 spiro atoms. The maximum absolute atomic E-state index is 12.9. The maximum atomic E-state index is 12.9. The van der Waals surface area contributed by atoms with Crippen LogP contribution in [0.4, 0.5) is 0 Å². The number of carbonyl (C=O) groups excluding carboxylic acids is 2. The fraction of sp³-hybridized carbons (Fsp3) is 0.600. The van der Waals surface area contributed by atoms with Crippen LogP contribution < -0.4 is 5.32 Å². The SMILES string of the molecule is C[C@@H]1CN(S(=O)(=O)c2ccc(C(=O)N(C)CC(=O)NC(C)(C)C)cc2)C[C@@H](C)O1. The van der Waals surface area contributed by atoms with Crippen molar-refractivity contribution in [2.75, 3.05) is 26.7 Å². The van der Waals surface area contributed by atoms with E-state index < -0.39 is 10.0 Å². The fourth-order valence-corrected chi connectivity index (χ4v) is 4.80. The maximum Gasteiger partial charge on any atom is 0.254 e. The van der Waals surface area contributed by atoms with Gasteiger partial charge in [0.15, 0.2) is 0 Å². The molecule has 1 heterocycles. The van der Waals surface area contributed by atoms with Crippen molar-refractivity contribution in [1.82, 2.24) is 14.5 Å². The van der Waals surface area contributed by atoms with Crippen LogP contribution in [0.25, 0.3) is 0 Å². The molecule has 1 saturated heterocycles. The molecule has 0 aliphatic carbocycles. The van der Waals surface area contributed by atoms with E-state index >= 15 is 0 Å². The lowest BCUT2D eigenvalue weighted by atomic mass is 10.1. The number of amides is 2. The van der Waals surface area contributed by atoms with Crippen LogP contribution in [0, 0.1) is 0 Å². The van der Waals surface area contributed by atoms with Crippen LogP contribution in [0.2, 0.25) is 0 Å². The van der Waals surface area contributed by atoms with Crippen LogP contribution >= 0.6 is 0 Å². The van der Waals surface area contributed by atoms with Crippen molar-refractivity contribution in [1.29, 1.82) is 0 Å². The molecule has 0 aromatic heterocycles. The first-order valence-electron chi connectivity index (χ1n) is 9.62. The zero-order valence-electron chi connectivity index (χ0n) is 17.9. The third kappa shape index (κ3) is 6.25. The van der Waals surface area contributed by atoms with Crippen molar-refractivity contribution in [3.8, 4) is 0 Å². The monoisotopic (exact) mass is 425 g/mol. The Balaban J connectivity index is 2.09. The van der Waals surface area contributed by atoms with Gasteiger partial charge in [-0.2, -0.15) is 4.31 Å². The van der Waals surface area contributed by atoms with Gasteiger partial charge in [0.1, 0.15) is 0 Å². The summed E-state index contributed by atoms with van der Waals surface area (Å²) in [4.78, 5) is 26.0. The van der Waals surface area contributed by atoms with Gasteiger partial charge in [0, 0.05) is 31.2 Å². The molecule has 0 saturated carbocycles. The van der Waals surface area contributed by atoms with Crippen molar-refractivity contribution in [2.45, 2.75) is 57.3 Å². The van der Waals surface area contributed by atoms with Gasteiger partial charge in [0.2, 0.25) is 15.9 Å². The van der Waals surface area contributed by atoms with Crippen LogP contribution in [0.3, 0.4) is 0 Å². The van der Waals surface area contributed by atoms with Crippen LogP contribution in [0.15, 0.2) is 29.2 Å². The number of sulfonamides is 1. The quantitative estimate of drug-likeness (QED) is 0.771. The minimum atomic E-state index is -3.67. The first-order valence-corrected chi connectivity index (χ1v) is 11.1. The van der Waals surface area contributed by atoms with Crippen molar-refractivity contribution < 1.29 is 22.7 Å². The van der Waals surface area contributed by atoms with E-state index in [4.69, 9.17) is 4.74 Å². The molecule has 0 radical (unpaired) electrons. The average molecular weight is 426 g/mol. The molecule has 1 aromatic rings. The van der Waals surface area contributed by atoms with E-state index in [1.54, 1.807) is 0 Å². The molecule has 2 rings (SSSR count). The van der Waals surface area contributed by atoms with Gasteiger partial charge in [0.05, 0.1) is 23.6 Å². The second-order valence-corrected chi connectivity index (χ2v) is 10.5. The first kappa shape index (κ1) is 23.3. The Morgan fingerprint density at radius 3 is 2.14 bits per heavy atom. The number of hydrogen-bond acceptors (Lipinski definition) is 5. The van der Waals surface area contributed by atoms with Gasteiger partial charge < -0.3 is 15.0 Å². The van der Waals surface area contributed by atoms with Crippen LogP contribution in [-0.4, -0.2) is 73.9 Å². The highest BCUT2D eigenvalue weighted by molar-refractivity contribution is 7.89. The van der Waals surface area contributed by atoms with Gasteiger partial charge >= 0.3 is 0 Å². The molecule has 1 aliphatic heterocycles. The summed E-state index contributed by atoms with van der Waals surface area (Å²) in [6, 6.07) is 5.80. The lowest BCUT2D eigenvalue weighted by Gasteiger charge is -2.34. The molecule has 2 atom stereocenters. The Hall–Kier alpha value is -1.97. The average Bonchev–Trinajstić information content (AvgIpc) is 2.58. The largest absolute Gasteiger partial charge is 0.373 e. The number of ether oxygens (including phenoxy) is 1. The number of hydrogen-bond donors (Lipinski definition) is 1. The van der Waals surface area contributed by atoms with E-state index in [1.165, 1.54) is 40.5 Å². The highest BCUT2D eigenvalue weighted by Crippen LogP contribution is 2.21. The van der Waals surface area contributed by atoms with Gasteiger partial charge in [-0.05, 0) is 58.9 Å². The number of morpholine rings is 1. The molecule has 162 valence electrons. The molecule has 0 unspecified atom stereocenters. The van der Waals surface area contributed by atoms with E-state index in [1.807, 2.05) is 34.6 Å². The summed E-state index contributed by atoms with van der Waals surface area (Å²) in [7, 11) is -2.13. The Bertz CT molecular complexity index is 836. The molecule has 0 bridgehead atoms. The lowest BCUT2D eigenvalue weighted by molar-refractivity contribution is -0.122. The van der Waals surface area contributed by atoms with E-state index in [0.717, 1.165) is 0 Å². The standard InChI is InChI=1S/C20H31N3O5S/c1-14-11-23(12-15(2)28-14)29(26,27)17-9-7-16(8-10-17)19(25)22(6)13-18(24)21-20(3,4)5/h7-10,14-15H,11-13H2,1-6H3,(H,21,24)/t14-,15-/m1/s1. The molecule has 1 fully saturated rings. The van der Waals surface area contributed by atoms with Crippen LogP contribution in [-0.2, 0) is 19.6 Å². The topological polar surface area (TPSA) is 96.0 Å². The zero-order valence-corrected chi connectivity index (χ0v) is 18.7. The van der Waals surface area contributed by atoms with E-state index in [9.17, 15) is 18.0 Å². The normalized spacial score (nSPS) is 20.9. The summed E-state index contributed by atoms with van der Waals surface area (Å²) < 4.78 is 32.8. The molecule has 1 aliphatic rings. The Kier molecular flexibility index (Phi) is 7.08. The third-order valence-corrected chi connectivity index (χ3v) is 6.21. The summed E-state index contributed by atoms with van der Waals surface area (Å²) in [6.07, 6.45) is -0.357. The van der Waals surface area contributed by atoms with Crippen molar-refractivity contribution in [3.05, 3.63) is 29.8 Å². The third-order valence-electron chi connectivity index (χ3n) is 4.37. The molecule has 8 nitrogen and oxygen atoms in total. The Morgan fingerprint density at radius 1 is 1.14 bits per heavy atom. The molecule has 1 N–H and O–H groups in total. The molecule has 2 amide bonds.